The van der Waals surface area contributed by atoms with E-state index < -0.39 is 0 Å². The van der Waals surface area contributed by atoms with Gasteiger partial charge in [0.1, 0.15) is 5.75 Å². The Morgan fingerprint density at radius 3 is 2.35 bits per heavy atom. The second-order valence-electron chi connectivity index (χ2n) is 9.76. The van der Waals surface area contributed by atoms with Gasteiger partial charge in [0.05, 0.1) is 13.7 Å². The van der Waals surface area contributed by atoms with Crippen LogP contribution in [0.1, 0.15) is 90.9 Å². The van der Waals surface area contributed by atoms with Gasteiger partial charge in [0.2, 0.25) is 0 Å². The van der Waals surface area contributed by atoms with Crippen LogP contribution < -0.4 is 19.5 Å². The van der Waals surface area contributed by atoms with Gasteiger partial charge in [-0.2, -0.15) is 0 Å². The molecule has 1 aliphatic heterocycles. The number of hydrogen-bond acceptors (Lipinski definition) is 5. The first-order valence-electron chi connectivity index (χ1n) is 14.5. The molecule has 37 heavy (non-hydrogen) atoms. The molecule has 1 aromatic rings. The molecule has 0 radical (unpaired) electrons. The fraction of sp³-hybridized carbons (Fsp3) is 0.645. The molecule has 1 N–H and O–H groups in total. The van der Waals surface area contributed by atoms with Gasteiger partial charge in [0.25, 0.3) is 5.91 Å². The first kappa shape index (κ1) is 30.6. The Kier molecular flexibility index (Phi) is 16.1. The highest BCUT2D eigenvalue weighted by atomic mass is 16.5. The van der Waals surface area contributed by atoms with Gasteiger partial charge in [-0.25, -0.2) is 0 Å². The molecule has 6 heteroatoms. The van der Waals surface area contributed by atoms with Crippen LogP contribution >= 0.6 is 0 Å². The molecule has 1 aliphatic rings. The zero-order valence-electron chi connectivity index (χ0n) is 23.6. The standard InChI is InChI=1S/C31H50N2O4/c1-4-6-7-8-9-10-11-12-13-16-24-36-29-19-18-28(25-30(29)35-3)37-26-31(34)32-21-20-27-17-14-15-23-33(27)22-5-2/h14-15,17-19,25H,4-13,16,20-24,26H2,1-3H3,(H,32,34). The summed E-state index contributed by atoms with van der Waals surface area (Å²) in [5, 5.41) is 2.96. The number of carbonyl (C=O) groups excluding carboxylic acids is 1. The van der Waals surface area contributed by atoms with Gasteiger partial charge >= 0.3 is 0 Å². The van der Waals surface area contributed by atoms with Gasteiger partial charge in [0.15, 0.2) is 18.1 Å². The summed E-state index contributed by atoms with van der Waals surface area (Å²) in [5.41, 5.74) is 1.27. The zero-order valence-corrected chi connectivity index (χ0v) is 23.6. The van der Waals surface area contributed by atoms with Crippen molar-refractivity contribution < 1.29 is 19.0 Å². The highest BCUT2D eigenvalue weighted by Gasteiger charge is 2.11. The number of rotatable bonds is 21. The van der Waals surface area contributed by atoms with E-state index in [0.29, 0.717) is 30.4 Å². The Morgan fingerprint density at radius 2 is 1.65 bits per heavy atom. The highest BCUT2D eigenvalue weighted by Crippen LogP contribution is 2.31. The number of benzene rings is 1. The van der Waals surface area contributed by atoms with Gasteiger partial charge in [-0.3, -0.25) is 4.79 Å². The molecule has 0 aliphatic carbocycles. The molecule has 1 heterocycles. The maximum Gasteiger partial charge on any atom is 0.257 e. The predicted octanol–water partition coefficient (Wildman–Crippen LogP) is 7.05. The van der Waals surface area contributed by atoms with Crippen LogP contribution in [0.3, 0.4) is 0 Å². The van der Waals surface area contributed by atoms with Crippen molar-refractivity contribution in [2.75, 3.05) is 40.0 Å². The Hall–Kier alpha value is -2.63. The summed E-state index contributed by atoms with van der Waals surface area (Å²) in [4.78, 5) is 14.6. The fourth-order valence-corrected chi connectivity index (χ4v) is 4.49. The molecule has 0 bridgehead atoms. The van der Waals surface area contributed by atoms with E-state index in [1.807, 2.05) is 12.1 Å². The van der Waals surface area contributed by atoms with E-state index in [-0.39, 0.29) is 12.5 Å². The van der Waals surface area contributed by atoms with Gasteiger partial charge < -0.3 is 24.4 Å². The van der Waals surface area contributed by atoms with Crippen molar-refractivity contribution >= 4 is 5.91 Å². The summed E-state index contributed by atoms with van der Waals surface area (Å²) in [6.07, 6.45) is 21.3. The van der Waals surface area contributed by atoms with Crippen LogP contribution in [-0.2, 0) is 4.79 Å². The number of nitrogens with zero attached hydrogens (tertiary/aromatic N) is 1. The number of carbonyl (C=O) groups is 1. The van der Waals surface area contributed by atoms with Crippen LogP contribution in [0.4, 0.5) is 0 Å². The summed E-state index contributed by atoms with van der Waals surface area (Å²) in [7, 11) is 1.62. The predicted molar refractivity (Wildman–Crippen MR) is 153 cm³/mol. The van der Waals surface area contributed by atoms with E-state index in [1.54, 1.807) is 13.2 Å². The Balaban J connectivity index is 1.61. The van der Waals surface area contributed by atoms with E-state index in [0.717, 1.165) is 32.4 Å². The fourth-order valence-electron chi connectivity index (χ4n) is 4.49. The molecule has 0 atom stereocenters. The lowest BCUT2D eigenvalue weighted by Crippen LogP contribution is -2.32. The van der Waals surface area contributed by atoms with Crippen LogP contribution in [0.2, 0.25) is 0 Å². The average molecular weight is 515 g/mol. The van der Waals surface area contributed by atoms with Crippen molar-refractivity contribution in [3.63, 3.8) is 0 Å². The number of hydrogen-bond donors (Lipinski definition) is 1. The third-order valence-electron chi connectivity index (χ3n) is 6.61. The lowest BCUT2D eigenvalue weighted by molar-refractivity contribution is -0.123. The maximum atomic E-state index is 12.3. The van der Waals surface area contributed by atoms with E-state index >= 15 is 0 Å². The number of amides is 1. The molecule has 0 spiro atoms. The highest BCUT2D eigenvalue weighted by molar-refractivity contribution is 5.77. The van der Waals surface area contributed by atoms with E-state index in [2.05, 4.69) is 42.3 Å². The normalized spacial score (nSPS) is 12.8. The second kappa shape index (κ2) is 19.5. The molecule has 0 unspecified atom stereocenters. The summed E-state index contributed by atoms with van der Waals surface area (Å²) < 4.78 is 17.1. The molecular weight excluding hydrogens is 464 g/mol. The number of allylic oxidation sites excluding steroid dienone is 2. The number of methoxy groups -OCH3 is 1. The summed E-state index contributed by atoms with van der Waals surface area (Å²) in [5.74, 6) is 1.79. The Labute approximate surface area is 225 Å². The monoisotopic (exact) mass is 514 g/mol. The number of nitrogens with one attached hydrogen (secondary N) is 1. The first-order chi connectivity index (χ1) is 18.2. The van der Waals surface area contributed by atoms with Gasteiger partial charge in [0, 0.05) is 37.8 Å². The van der Waals surface area contributed by atoms with Crippen molar-refractivity contribution in [3.8, 4) is 17.2 Å². The molecule has 1 aromatic carbocycles. The molecule has 1 amide bonds. The Bertz CT molecular complexity index is 821. The third kappa shape index (κ3) is 12.9. The zero-order chi connectivity index (χ0) is 26.6. The second-order valence-corrected chi connectivity index (χ2v) is 9.76. The van der Waals surface area contributed by atoms with Crippen molar-refractivity contribution in [2.24, 2.45) is 0 Å². The minimum Gasteiger partial charge on any atom is -0.493 e. The van der Waals surface area contributed by atoms with E-state index in [4.69, 9.17) is 14.2 Å². The molecule has 208 valence electrons. The molecule has 0 saturated heterocycles. The number of unbranched alkanes of at least 4 members (excludes halogenated alkanes) is 9. The quantitative estimate of drug-likeness (QED) is 0.178. The van der Waals surface area contributed by atoms with Crippen LogP contribution in [0.15, 0.2) is 42.1 Å². The first-order valence-corrected chi connectivity index (χ1v) is 14.5. The topological polar surface area (TPSA) is 60.0 Å². The maximum absolute atomic E-state index is 12.3. The van der Waals surface area contributed by atoms with Crippen LogP contribution in [0, 0.1) is 0 Å². The average Bonchev–Trinajstić information content (AvgIpc) is 2.92. The molecule has 2 rings (SSSR count). The van der Waals surface area contributed by atoms with Crippen molar-refractivity contribution in [3.05, 3.63) is 42.1 Å². The van der Waals surface area contributed by atoms with Gasteiger partial charge in [-0.15, -0.1) is 0 Å². The van der Waals surface area contributed by atoms with Crippen LogP contribution in [-0.4, -0.2) is 50.8 Å². The summed E-state index contributed by atoms with van der Waals surface area (Å²) in [6, 6.07) is 5.46. The van der Waals surface area contributed by atoms with Crippen molar-refractivity contribution in [2.45, 2.75) is 90.9 Å². The molecule has 0 aromatic heterocycles. The summed E-state index contributed by atoms with van der Waals surface area (Å²) in [6.45, 7) is 7.67. The Morgan fingerprint density at radius 1 is 0.919 bits per heavy atom. The number of ether oxygens (including phenoxy) is 3. The minimum atomic E-state index is -0.130. The molecular formula is C31H50N2O4. The van der Waals surface area contributed by atoms with E-state index in [9.17, 15) is 4.79 Å². The molecule has 0 saturated carbocycles. The van der Waals surface area contributed by atoms with Crippen molar-refractivity contribution in [1.29, 1.82) is 0 Å². The van der Waals surface area contributed by atoms with E-state index in [1.165, 1.54) is 63.5 Å². The lowest BCUT2D eigenvalue weighted by atomic mass is 10.1. The largest absolute Gasteiger partial charge is 0.493 e. The van der Waals surface area contributed by atoms with Crippen LogP contribution in [0.5, 0.6) is 17.2 Å². The van der Waals surface area contributed by atoms with Crippen LogP contribution in [0.25, 0.3) is 0 Å². The SMILES string of the molecule is CCCCCCCCCCCCOc1ccc(OCC(=O)NCCC2=CC=CCN2CCC)cc1OC. The van der Waals surface area contributed by atoms with Gasteiger partial charge in [-0.05, 0) is 31.1 Å². The third-order valence-corrected chi connectivity index (χ3v) is 6.61. The molecule has 0 fully saturated rings. The van der Waals surface area contributed by atoms with Gasteiger partial charge in [-0.1, -0.05) is 83.8 Å². The lowest BCUT2D eigenvalue weighted by Gasteiger charge is -2.28. The minimum absolute atomic E-state index is 0.0282. The van der Waals surface area contributed by atoms with Crippen molar-refractivity contribution in [1.82, 2.24) is 10.2 Å². The molecule has 6 nitrogen and oxygen atoms in total. The smallest absolute Gasteiger partial charge is 0.257 e. The summed E-state index contributed by atoms with van der Waals surface area (Å²) >= 11 is 0.